The molecule has 0 amide bonds. The fourth-order valence-corrected chi connectivity index (χ4v) is 5.57. The van der Waals surface area contributed by atoms with E-state index in [1.807, 2.05) is 47.7 Å². The first-order valence-electron chi connectivity index (χ1n) is 16.2. The largest absolute Gasteiger partial charge is 0.512 e. The molecule has 5 rings (SSSR count). The minimum absolute atomic E-state index is 0. The van der Waals surface area contributed by atoms with Crippen molar-refractivity contribution in [2.45, 2.75) is 101 Å². The van der Waals surface area contributed by atoms with Crippen LogP contribution in [0.25, 0.3) is 33.3 Å². The SMILES string of the molecule is CC(C)(C)C(=O)/C=C(\O)C(C)(C)C.CC(C)Cc1cnc2c(c1)CCc1c-2ccnc1-c1[c-]c2ccccc2c(C(C)(C)C)c1.[Ir]. The van der Waals surface area contributed by atoms with Crippen LogP contribution in [0.5, 0.6) is 0 Å². The summed E-state index contributed by atoms with van der Waals surface area (Å²) in [5, 5.41) is 12.0. The second-order valence-electron chi connectivity index (χ2n) is 15.9. The van der Waals surface area contributed by atoms with E-state index in [-0.39, 0.29) is 42.5 Å². The van der Waals surface area contributed by atoms with Crippen LogP contribution in [0, 0.1) is 22.8 Å². The Morgan fingerprint density at radius 3 is 2.20 bits per heavy atom. The van der Waals surface area contributed by atoms with E-state index in [4.69, 9.17) is 9.97 Å². The number of carbonyl (C=O) groups is 1. The van der Waals surface area contributed by atoms with Gasteiger partial charge in [0, 0.05) is 55.1 Å². The second kappa shape index (κ2) is 14.3. The van der Waals surface area contributed by atoms with Crippen molar-refractivity contribution in [1.29, 1.82) is 0 Å². The summed E-state index contributed by atoms with van der Waals surface area (Å²) in [6.45, 7) is 22.5. The number of ketones is 1. The summed E-state index contributed by atoms with van der Waals surface area (Å²) in [7, 11) is 0. The first kappa shape index (κ1) is 37.3. The molecular weight excluding hydrogens is 745 g/mol. The molecule has 1 aliphatic rings. The molecule has 5 heteroatoms. The normalized spacial score (nSPS) is 13.3. The summed E-state index contributed by atoms with van der Waals surface area (Å²) >= 11 is 0. The number of benzene rings is 2. The number of hydrogen-bond donors (Lipinski definition) is 1. The third-order valence-electron chi connectivity index (χ3n) is 8.24. The standard InChI is InChI=1S/C30H31N2.C11H20O2.Ir/c1-19(2)14-20-15-22-10-11-25-26(28(22)32-18-20)12-13-31-29(25)23-16-21-8-6-7-9-24(21)27(17-23)30(3,4)5;1-10(2,3)8(12)7-9(13)11(4,5)6;/h6-9,12-13,15,17-19H,10-11,14H2,1-5H3;7,12H,1-6H3;/q-1;;/b;8-7-;. The minimum Gasteiger partial charge on any atom is -0.512 e. The Hall–Kier alpha value is -3.14. The third kappa shape index (κ3) is 8.81. The van der Waals surface area contributed by atoms with Crippen molar-refractivity contribution in [2.24, 2.45) is 16.7 Å². The van der Waals surface area contributed by atoms with Crippen molar-refractivity contribution in [3.63, 3.8) is 0 Å². The number of aliphatic hydroxyl groups excluding tert-OH is 1. The van der Waals surface area contributed by atoms with Gasteiger partial charge in [0.15, 0.2) is 5.78 Å². The van der Waals surface area contributed by atoms with Crippen molar-refractivity contribution in [3.05, 3.63) is 95.0 Å². The van der Waals surface area contributed by atoms with Gasteiger partial charge < -0.3 is 5.11 Å². The molecule has 0 bridgehead atoms. The molecule has 2 heterocycles. The zero-order valence-corrected chi connectivity index (χ0v) is 32.0. The number of pyridine rings is 2. The maximum absolute atomic E-state index is 11.5. The van der Waals surface area contributed by atoms with Gasteiger partial charge in [-0.15, -0.1) is 29.1 Å². The average Bonchev–Trinajstić information content (AvgIpc) is 2.94. The number of nitrogens with zero attached hydrogens (tertiary/aromatic N) is 2. The molecule has 0 aliphatic heterocycles. The Labute approximate surface area is 290 Å². The molecule has 0 saturated heterocycles. The summed E-state index contributed by atoms with van der Waals surface area (Å²) in [5.74, 6) is 0.745. The zero-order chi connectivity index (χ0) is 33.3. The fourth-order valence-electron chi connectivity index (χ4n) is 5.57. The van der Waals surface area contributed by atoms with Gasteiger partial charge in [0.05, 0.1) is 5.69 Å². The Balaban J connectivity index is 0.000000352. The number of allylic oxidation sites excluding steroid dienone is 2. The summed E-state index contributed by atoms with van der Waals surface area (Å²) in [5.41, 5.74) is 9.12. The molecule has 46 heavy (non-hydrogen) atoms. The molecule has 4 nitrogen and oxygen atoms in total. The molecule has 0 fully saturated rings. The number of aliphatic hydroxyl groups is 1. The van der Waals surface area contributed by atoms with Gasteiger partial charge in [-0.2, -0.15) is 0 Å². The maximum atomic E-state index is 11.5. The number of fused-ring (bicyclic) bond motifs is 4. The quantitative estimate of drug-likeness (QED) is 0.127. The predicted octanol–water partition coefficient (Wildman–Crippen LogP) is 10.4. The molecule has 0 saturated carbocycles. The molecule has 1 N–H and O–H groups in total. The van der Waals surface area contributed by atoms with Crippen LogP contribution in [0.15, 0.2) is 66.7 Å². The molecule has 0 spiro atoms. The average molecular weight is 796 g/mol. The third-order valence-corrected chi connectivity index (χ3v) is 8.24. The Kier molecular flexibility index (Phi) is 11.6. The van der Waals surface area contributed by atoms with Crippen LogP contribution in [-0.4, -0.2) is 20.9 Å². The number of aromatic nitrogens is 2. The van der Waals surface area contributed by atoms with Crippen LogP contribution >= 0.6 is 0 Å². The number of rotatable bonds is 4. The van der Waals surface area contributed by atoms with Crippen molar-refractivity contribution in [3.8, 4) is 22.5 Å². The van der Waals surface area contributed by atoms with E-state index in [0.717, 1.165) is 41.6 Å². The van der Waals surface area contributed by atoms with Crippen molar-refractivity contribution >= 4 is 16.6 Å². The molecule has 2 aromatic carbocycles. The molecule has 247 valence electrons. The number of hydrogen-bond acceptors (Lipinski definition) is 4. The predicted molar refractivity (Wildman–Crippen MR) is 189 cm³/mol. The fraction of sp³-hybridized carbons (Fsp3) is 0.439. The van der Waals surface area contributed by atoms with E-state index in [1.54, 1.807) is 0 Å². The van der Waals surface area contributed by atoms with Gasteiger partial charge in [-0.25, -0.2) is 0 Å². The van der Waals surface area contributed by atoms with Gasteiger partial charge in [-0.05, 0) is 58.9 Å². The topological polar surface area (TPSA) is 63.1 Å². The summed E-state index contributed by atoms with van der Waals surface area (Å²) in [4.78, 5) is 21.3. The van der Waals surface area contributed by atoms with Gasteiger partial charge in [0.2, 0.25) is 0 Å². The van der Waals surface area contributed by atoms with Crippen LogP contribution in [0.3, 0.4) is 0 Å². The van der Waals surface area contributed by atoms with E-state index in [9.17, 15) is 9.90 Å². The van der Waals surface area contributed by atoms with Gasteiger partial charge in [-0.1, -0.05) is 111 Å². The Morgan fingerprint density at radius 2 is 1.59 bits per heavy atom. The molecule has 2 aromatic heterocycles. The zero-order valence-electron chi connectivity index (χ0n) is 29.6. The maximum Gasteiger partial charge on any atom is 0.164 e. The first-order valence-corrected chi connectivity index (χ1v) is 16.2. The van der Waals surface area contributed by atoms with Gasteiger partial charge in [0.1, 0.15) is 5.76 Å². The number of aryl methyl sites for hydroxylation is 1. The summed E-state index contributed by atoms with van der Waals surface area (Å²) in [6, 6.07) is 19.1. The van der Waals surface area contributed by atoms with Crippen LogP contribution < -0.4 is 0 Å². The van der Waals surface area contributed by atoms with E-state index in [1.165, 1.54) is 39.3 Å². The molecule has 0 unspecified atom stereocenters. The molecule has 1 aliphatic carbocycles. The molecule has 1 radical (unpaired) electrons. The van der Waals surface area contributed by atoms with Crippen molar-refractivity contribution < 1.29 is 30.0 Å². The Morgan fingerprint density at radius 1 is 0.913 bits per heavy atom. The van der Waals surface area contributed by atoms with E-state index >= 15 is 0 Å². The van der Waals surface area contributed by atoms with Crippen molar-refractivity contribution in [2.75, 3.05) is 0 Å². The molecule has 0 atom stereocenters. The monoisotopic (exact) mass is 796 g/mol. The smallest absolute Gasteiger partial charge is 0.164 e. The number of carbonyl (C=O) groups excluding carboxylic acids is 1. The van der Waals surface area contributed by atoms with Gasteiger partial charge in [-0.3, -0.25) is 14.8 Å². The Bertz CT molecular complexity index is 1730. The van der Waals surface area contributed by atoms with Gasteiger partial charge in [0.25, 0.3) is 0 Å². The summed E-state index contributed by atoms with van der Waals surface area (Å²) < 4.78 is 0. The van der Waals surface area contributed by atoms with Crippen LogP contribution in [0.1, 0.15) is 98.4 Å². The minimum atomic E-state index is -0.417. The van der Waals surface area contributed by atoms with E-state index in [2.05, 4.69) is 89.3 Å². The van der Waals surface area contributed by atoms with Crippen LogP contribution in [0.2, 0.25) is 0 Å². The van der Waals surface area contributed by atoms with Crippen LogP contribution in [-0.2, 0) is 49.6 Å². The molecule has 4 aromatic rings. The van der Waals surface area contributed by atoms with Crippen LogP contribution in [0.4, 0.5) is 0 Å². The van der Waals surface area contributed by atoms with Gasteiger partial charge >= 0.3 is 0 Å². The van der Waals surface area contributed by atoms with E-state index < -0.39 is 5.41 Å². The summed E-state index contributed by atoms with van der Waals surface area (Å²) in [6.07, 6.45) is 8.42. The molecular formula is C41H51IrN2O2-. The first-order chi connectivity index (χ1) is 20.9. The van der Waals surface area contributed by atoms with E-state index in [0.29, 0.717) is 5.92 Å². The van der Waals surface area contributed by atoms with Crippen molar-refractivity contribution in [1.82, 2.24) is 9.97 Å². The second-order valence-corrected chi connectivity index (χ2v) is 15.9.